The molecule has 16 heteroatoms. The summed E-state index contributed by atoms with van der Waals surface area (Å²) >= 11 is 0. The number of nitrogens with zero attached hydrogens (tertiary/aromatic N) is 1. The second-order valence-corrected chi connectivity index (χ2v) is 10.9. The fraction of sp³-hybridized carbons (Fsp3) is 0.438. The van der Waals surface area contributed by atoms with Crippen molar-refractivity contribution in [2.75, 3.05) is 20.2 Å². The highest BCUT2D eigenvalue weighted by Gasteiger charge is 2.56. The fourth-order valence-corrected chi connectivity index (χ4v) is 5.40. The molecule has 4 rings (SSSR count). The number of esters is 1. The third-order valence-corrected chi connectivity index (χ3v) is 8.02. The molecule has 2 saturated heterocycles. The number of likely N-dealkylation sites (tertiary alicyclic amines) is 1. The van der Waals surface area contributed by atoms with Gasteiger partial charge in [0.15, 0.2) is 0 Å². The number of benzene rings is 2. The average Bonchev–Trinajstić information content (AvgIpc) is 3.10. The van der Waals surface area contributed by atoms with Gasteiger partial charge in [0.2, 0.25) is 5.54 Å². The van der Waals surface area contributed by atoms with Crippen molar-refractivity contribution in [3.8, 4) is 0 Å². The molecule has 2 heterocycles. The Balaban J connectivity index is 0.000000260. The van der Waals surface area contributed by atoms with Crippen LogP contribution in [0, 0.1) is 5.92 Å². The number of piperidine rings is 2. The van der Waals surface area contributed by atoms with Crippen molar-refractivity contribution in [2.45, 2.75) is 63.2 Å². The molecule has 0 saturated carbocycles. The number of urea groups is 1. The van der Waals surface area contributed by atoms with E-state index in [0.717, 1.165) is 11.1 Å². The number of carboxylic acid groups (broad SMARTS) is 1. The normalized spacial score (nSPS) is 23.2. The van der Waals surface area contributed by atoms with E-state index in [9.17, 15) is 33.9 Å². The van der Waals surface area contributed by atoms with Crippen LogP contribution in [-0.2, 0) is 61.1 Å². The van der Waals surface area contributed by atoms with E-state index in [0.29, 0.717) is 19.3 Å². The summed E-state index contributed by atoms with van der Waals surface area (Å²) in [4.78, 5) is 81.1. The molecule has 16 nitrogen and oxygen atoms in total. The highest BCUT2D eigenvalue weighted by Crippen LogP contribution is 2.29. The molecule has 5 atom stereocenters. The SMILES string of the molecule is CC1C(OC=O)CCNC1(C(=O)O)C(=O)NOCc1ccccc1.COC(=O)[C@@H]1CC(OC=O)CCN1C(=O)NOCc1ccccc1. The van der Waals surface area contributed by atoms with Crippen molar-refractivity contribution in [2.24, 2.45) is 5.92 Å². The zero-order valence-corrected chi connectivity index (χ0v) is 26.6. The average molecular weight is 673 g/mol. The number of amides is 3. The maximum Gasteiger partial charge on any atom is 0.342 e. The Hall–Kier alpha value is -5.06. The molecular weight excluding hydrogens is 632 g/mol. The van der Waals surface area contributed by atoms with Crippen LogP contribution in [-0.4, -0.2) is 90.8 Å². The number of carbonyl (C=O) groups is 6. The Kier molecular flexibility index (Phi) is 14.7. The molecule has 0 bridgehead atoms. The molecule has 0 radical (unpaired) electrons. The van der Waals surface area contributed by atoms with Crippen molar-refractivity contribution in [3.05, 3.63) is 71.8 Å². The van der Waals surface area contributed by atoms with Crippen molar-refractivity contribution in [1.29, 1.82) is 0 Å². The summed E-state index contributed by atoms with van der Waals surface area (Å²) in [5, 5.41) is 12.3. The Bertz CT molecular complexity index is 1370. The monoisotopic (exact) mass is 672 g/mol. The lowest BCUT2D eigenvalue weighted by atomic mass is 9.76. The summed E-state index contributed by atoms with van der Waals surface area (Å²) in [6.07, 6.45) is -0.0243. The van der Waals surface area contributed by atoms with Gasteiger partial charge < -0.3 is 24.2 Å². The van der Waals surface area contributed by atoms with Gasteiger partial charge in [0.1, 0.15) is 18.2 Å². The number of rotatable bonds is 13. The number of methoxy groups -OCH3 is 1. The number of nitrogens with one attached hydrogen (secondary N) is 3. The molecule has 4 unspecified atom stereocenters. The van der Waals surface area contributed by atoms with Crippen molar-refractivity contribution in [3.63, 3.8) is 0 Å². The lowest BCUT2D eigenvalue weighted by molar-refractivity contribution is -0.168. The highest BCUT2D eigenvalue weighted by atomic mass is 16.7. The van der Waals surface area contributed by atoms with E-state index < -0.39 is 53.6 Å². The first kappa shape index (κ1) is 37.4. The minimum Gasteiger partial charge on any atom is -0.479 e. The van der Waals surface area contributed by atoms with Crippen LogP contribution in [0.5, 0.6) is 0 Å². The molecule has 3 amide bonds. The molecule has 2 fully saturated rings. The van der Waals surface area contributed by atoms with Gasteiger partial charge in [-0.3, -0.25) is 29.4 Å². The minimum absolute atomic E-state index is 0.102. The zero-order valence-electron chi connectivity index (χ0n) is 26.6. The Morgan fingerprint density at radius 1 is 0.917 bits per heavy atom. The second kappa shape index (κ2) is 18.9. The van der Waals surface area contributed by atoms with Gasteiger partial charge in [-0.2, -0.15) is 0 Å². The van der Waals surface area contributed by atoms with Crippen LogP contribution in [0.25, 0.3) is 0 Å². The fourth-order valence-electron chi connectivity index (χ4n) is 5.40. The number of hydrogen-bond acceptors (Lipinski definition) is 12. The Morgan fingerprint density at radius 3 is 2.04 bits per heavy atom. The van der Waals surface area contributed by atoms with Gasteiger partial charge in [-0.05, 0) is 17.5 Å². The molecule has 2 aliphatic heterocycles. The number of carboxylic acids is 1. The molecule has 4 N–H and O–H groups in total. The van der Waals surface area contributed by atoms with E-state index in [1.54, 1.807) is 6.92 Å². The van der Waals surface area contributed by atoms with E-state index in [1.165, 1.54) is 12.0 Å². The predicted molar refractivity (Wildman–Crippen MR) is 165 cm³/mol. The van der Waals surface area contributed by atoms with E-state index in [-0.39, 0.29) is 39.2 Å². The van der Waals surface area contributed by atoms with Gasteiger partial charge in [-0.25, -0.2) is 25.3 Å². The lowest BCUT2D eigenvalue weighted by Gasteiger charge is -2.41. The zero-order chi connectivity index (χ0) is 34.9. The van der Waals surface area contributed by atoms with Gasteiger partial charge in [0.25, 0.3) is 18.9 Å². The van der Waals surface area contributed by atoms with Crippen LogP contribution >= 0.6 is 0 Å². The van der Waals surface area contributed by atoms with Crippen LogP contribution < -0.4 is 16.3 Å². The number of aliphatic carboxylic acids is 1. The molecular formula is C32H40N4O12. The number of hydroxylamine groups is 2. The molecule has 2 aliphatic rings. The summed E-state index contributed by atoms with van der Waals surface area (Å²) in [5.41, 5.74) is 4.32. The van der Waals surface area contributed by atoms with Crippen LogP contribution in [0.2, 0.25) is 0 Å². The van der Waals surface area contributed by atoms with Gasteiger partial charge in [0, 0.05) is 31.8 Å². The van der Waals surface area contributed by atoms with Gasteiger partial charge in [-0.15, -0.1) is 0 Å². The first-order chi connectivity index (χ1) is 23.2. The molecule has 2 aromatic carbocycles. The third kappa shape index (κ3) is 9.97. The second-order valence-electron chi connectivity index (χ2n) is 10.9. The maximum absolute atomic E-state index is 12.5. The van der Waals surface area contributed by atoms with Crippen molar-refractivity contribution < 1.29 is 57.8 Å². The lowest BCUT2D eigenvalue weighted by Crippen LogP contribution is -2.70. The van der Waals surface area contributed by atoms with Crippen LogP contribution in [0.1, 0.15) is 37.3 Å². The summed E-state index contributed by atoms with van der Waals surface area (Å²) in [7, 11) is 1.24. The summed E-state index contributed by atoms with van der Waals surface area (Å²) < 4.78 is 14.5. The standard InChI is InChI=1S/2C16H20N2O6/c1-22-15(20)14-9-13(23-11-19)7-8-18(14)16(21)17-24-10-12-5-3-2-4-6-12;1-11-13(23-10-19)7-8-17-16(11,15(21)22)14(20)18-24-9-12-5-3-2-4-6-12/h2-6,11,13-14H,7-10H2,1H3,(H,17,21);2-6,10-11,13,17H,7-9H2,1H3,(H,18,20)(H,21,22)/t13?,14-;/m0./s1. The Morgan fingerprint density at radius 2 is 1.50 bits per heavy atom. The summed E-state index contributed by atoms with van der Waals surface area (Å²) in [5.74, 6) is -3.52. The quantitative estimate of drug-likeness (QED) is 0.0777. The van der Waals surface area contributed by atoms with E-state index >= 15 is 0 Å². The number of hydrogen-bond donors (Lipinski definition) is 4. The molecule has 48 heavy (non-hydrogen) atoms. The number of ether oxygens (including phenoxy) is 3. The first-order valence-electron chi connectivity index (χ1n) is 15.1. The Labute approximate surface area is 276 Å². The molecule has 260 valence electrons. The van der Waals surface area contributed by atoms with Crippen LogP contribution in [0.3, 0.4) is 0 Å². The molecule has 0 spiro atoms. The van der Waals surface area contributed by atoms with Gasteiger partial charge in [0.05, 0.1) is 20.3 Å². The third-order valence-electron chi connectivity index (χ3n) is 8.02. The van der Waals surface area contributed by atoms with Gasteiger partial charge >= 0.3 is 18.0 Å². The first-order valence-corrected chi connectivity index (χ1v) is 15.1. The van der Waals surface area contributed by atoms with Crippen LogP contribution in [0.15, 0.2) is 60.7 Å². The van der Waals surface area contributed by atoms with Crippen LogP contribution in [0.4, 0.5) is 4.79 Å². The topological polar surface area (TPSA) is 208 Å². The van der Waals surface area contributed by atoms with Crippen molar-refractivity contribution in [1.82, 2.24) is 21.2 Å². The van der Waals surface area contributed by atoms with Gasteiger partial charge in [-0.1, -0.05) is 67.6 Å². The molecule has 0 aromatic heterocycles. The molecule has 2 aromatic rings. The van der Waals surface area contributed by atoms with E-state index in [2.05, 4.69) is 16.3 Å². The predicted octanol–water partition coefficient (Wildman–Crippen LogP) is 1.24. The summed E-state index contributed by atoms with van der Waals surface area (Å²) in [6, 6.07) is 17.1. The summed E-state index contributed by atoms with van der Waals surface area (Å²) in [6.45, 7) is 2.94. The minimum atomic E-state index is -1.93. The number of carbonyl (C=O) groups excluding carboxylic acids is 5. The highest BCUT2D eigenvalue weighted by molar-refractivity contribution is 6.07. The largest absolute Gasteiger partial charge is 0.479 e. The van der Waals surface area contributed by atoms with E-state index in [1.807, 2.05) is 60.7 Å². The van der Waals surface area contributed by atoms with E-state index in [4.69, 9.17) is 23.9 Å². The van der Waals surface area contributed by atoms with Crippen molar-refractivity contribution >= 4 is 36.8 Å². The smallest absolute Gasteiger partial charge is 0.342 e. The maximum atomic E-state index is 12.5. The molecule has 0 aliphatic carbocycles.